The van der Waals surface area contributed by atoms with Crippen molar-refractivity contribution in [2.45, 2.75) is 26.2 Å². The van der Waals surface area contributed by atoms with Crippen LogP contribution in [0.25, 0.3) is 0 Å². The SMILES string of the molecule is COc1ccccc1OCC(C)CNC(=O)N1C[C@@H]2CCC[C@@]2(C(=O)O)C1. The van der Waals surface area contributed by atoms with Gasteiger partial charge < -0.3 is 24.8 Å². The molecule has 148 valence electrons. The summed E-state index contributed by atoms with van der Waals surface area (Å²) < 4.78 is 11.0. The molecule has 1 saturated heterocycles. The van der Waals surface area contributed by atoms with Crippen molar-refractivity contribution < 1.29 is 24.2 Å². The highest BCUT2D eigenvalue weighted by atomic mass is 16.5. The number of hydrogen-bond donors (Lipinski definition) is 2. The van der Waals surface area contributed by atoms with Crippen LogP contribution in [-0.4, -0.2) is 55.4 Å². The Hall–Kier alpha value is -2.44. The van der Waals surface area contributed by atoms with Gasteiger partial charge in [-0.3, -0.25) is 4.79 Å². The van der Waals surface area contributed by atoms with Crippen LogP contribution in [0.4, 0.5) is 4.79 Å². The molecule has 1 aliphatic carbocycles. The maximum atomic E-state index is 12.5. The lowest BCUT2D eigenvalue weighted by Crippen LogP contribution is -2.43. The average Bonchev–Trinajstić information content (AvgIpc) is 3.23. The van der Waals surface area contributed by atoms with E-state index in [-0.39, 0.29) is 17.9 Å². The number of amides is 2. The van der Waals surface area contributed by atoms with Gasteiger partial charge in [-0.15, -0.1) is 0 Å². The molecule has 2 N–H and O–H groups in total. The Kier molecular flexibility index (Phi) is 5.77. The summed E-state index contributed by atoms with van der Waals surface area (Å²) in [6.45, 7) is 3.75. The molecule has 3 rings (SSSR count). The summed E-state index contributed by atoms with van der Waals surface area (Å²) >= 11 is 0. The fourth-order valence-corrected chi connectivity index (χ4v) is 4.20. The average molecular weight is 376 g/mol. The van der Waals surface area contributed by atoms with Gasteiger partial charge in [-0.1, -0.05) is 25.5 Å². The van der Waals surface area contributed by atoms with Gasteiger partial charge in [-0.25, -0.2) is 4.79 Å². The van der Waals surface area contributed by atoms with E-state index in [0.717, 1.165) is 12.8 Å². The van der Waals surface area contributed by atoms with Crippen molar-refractivity contribution >= 4 is 12.0 Å². The molecule has 1 unspecified atom stereocenters. The third-order valence-corrected chi connectivity index (χ3v) is 5.78. The van der Waals surface area contributed by atoms with Crippen molar-refractivity contribution in [3.8, 4) is 11.5 Å². The zero-order chi connectivity index (χ0) is 19.4. The van der Waals surface area contributed by atoms with Crippen LogP contribution in [0.2, 0.25) is 0 Å². The predicted molar refractivity (Wildman–Crippen MR) is 100 cm³/mol. The maximum Gasteiger partial charge on any atom is 0.317 e. The number of rotatable bonds is 7. The molecule has 0 bridgehead atoms. The van der Waals surface area contributed by atoms with E-state index in [2.05, 4.69) is 5.32 Å². The molecule has 7 nitrogen and oxygen atoms in total. The molecule has 3 atom stereocenters. The molecular weight excluding hydrogens is 348 g/mol. The molecule has 2 fully saturated rings. The summed E-state index contributed by atoms with van der Waals surface area (Å²) in [4.78, 5) is 25.9. The number of hydrogen-bond acceptors (Lipinski definition) is 4. The number of ether oxygens (including phenoxy) is 2. The van der Waals surface area contributed by atoms with Gasteiger partial charge in [0.05, 0.1) is 19.1 Å². The smallest absolute Gasteiger partial charge is 0.317 e. The number of carbonyl (C=O) groups is 2. The number of methoxy groups -OCH3 is 1. The first kappa shape index (κ1) is 19.3. The van der Waals surface area contributed by atoms with E-state index in [1.807, 2.05) is 31.2 Å². The molecule has 0 spiro atoms. The number of nitrogens with one attached hydrogen (secondary N) is 1. The molecule has 1 aromatic carbocycles. The summed E-state index contributed by atoms with van der Waals surface area (Å²) in [5, 5.41) is 12.5. The Bertz CT molecular complexity index is 695. The summed E-state index contributed by atoms with van der Waals surface area (Å²) in [5.74, 6) is 0.769. The second kappa shape index (κ2) is 8.06. The number of likely N-dealkylation sites (tertiary alicyclic amines) is 1. The second-order valence-corrected chi connectivity index (χ2v) is 7.68. The van der Waals surface area contributed by atoms with Crippen LogP contribution in [0.15, 0.2) is 24.3 Å². The maximum absolute atomic E-state index is 12.5. The zero-order valence-electron chi connectivity index (χ0n) is 15.9. The summed E-state index contributed by atoms with van der Waals surface area (Å²) in [6.07, 6.45) is 2.49. The van der Waals surface area contributed by atoms with Crippen molar-refractivity contribution in [1.82, 2.24) is 10.2 Å². The minimum Gasteiger partial charge on any atom is -0.493 e. The van der Waals surface area contributed by atoms with Gasteiger partial charge in [0.1, 0.15) is 0 Å². The van der Waals surface area contributed by atoms with Gasteiger partial charge in [0.25, 0.3) is 0 Å². The van der Waals surface area contributed by atoms with E-state index in [4.69, 9.17) is 9.47 Å². The molecule has 1 saturated carbocycles. The standard InChI is InChI=1S/C20H28N2O5/c1-14(12-27-17-8-4-3-7-16(17)26-2)10-21-19(25)22-11-15-6-5-9-20(15,13-22)18(23)24/h3-4,7-8,14-15H,5-6,9-13H2,1-2H3,(H,21,25)(H,23,24)/t14?,15-,20+/m0/s1. The van der Waals surface area contributed by atoms with Crippen molar-refractivity contribution in [2.75, 3.05) is 33.4 Å². The van der Waals surface area contributed by atoms with Gasteiger partial charge in [-0.05, 0) is 30.9 Å². The Morgan fingerprint density at radius 1 is 1.37 bits per heavy atom. The van der Waals surface area contributed by atoms with Crippen LogP contribution in [0.1, 0.15) is 26.2 Å². The summed E-state index contributed by atoms with van der Waals surface area (Å²) in [5.41, 5.74) is -0.740. The number of carboxylic acids is 1. The third-order valence-electron chi connectivity index (χ3n) is 5.78. The van der Waals surface area contributed by atoms with Gasteiger partial charge in [0.15, 0.2) is 11.5 Å². The van der Waals surface area contributed by atoms with Crippen LogP contribution < -0.4 is 14.8 Å². The number of carboxylic acid groups (broad SMARTS) is 1. The molecule has 1 aromatic rings. The lowest BCUT2D eigenvalue weighted by atomic mass is 9.81. The number of nitrogens with zero attached hydrogens (tertiary/aromatic N) is 1. The number of benzene rings is 1. The van der Waals surface area contributed by atoms with Gasteiger partial charge in [-0.2, -0.15) is 0 Å². The first-order chi connectivity index (χ1) is 13.0. The topological polar surface area (TPSA) is 88.1 Å². The summed E-state index contributed by atoms with van der Waals surface area (Å²) in [7, 11) is 1.60. The normalized spacial score (nSPS) is 25.0. The van der Waals surface area contributed by atoms with Crippen LogP contribution >= 0.6 is 0 Å². The van der Waals surface area contributed by atoms with Crippen molar-refractivity contribution in [1.29, 1.82) is 0 Å². The predicted octanol–water partition coefficient (Wildman–Crippen LogP) is 2.61. The van der Waals surface area contributed by atoms with E-state index in [0.29, 0.717) is 44.2 Å². The second-order valence-electron chi connectivity index (χ2n) is 7.68. The monoisotopic (exact) mass is 376 g/mol. The van der Waals surface area contributed by atoms with Gasteiger partial charge >= 0.3 is 12.0 Å². The fraction of sp³-hybridized carbons (Fsp3) is 0.600. The Labute approximate surface area is 159 Å². The number of para-hydroxylation sites is 2. The van der Waals surface area contributed by atoms with Crippen molar-refractivity contribution in [3.05, 3.63) is 24.3 Å². The number of carbonyl (C=O) groups excluding carboxylic acids is 1. The minimum absolute atomic E-state index is 0.0760. The molecule has 27 heavy (non-hydrogen) atoms. The molecule has 0 aromatic heterocycles. The molecule has 2 amide bonds. The van der Waals surface area contributed by atoms with Crippen molar-refractivity contribution in [3.63, 3.8) is 0 Å². The lowest BCUT2D eigenvalue weighted by Gasteiger charge is -2.24. The largest absolute Gasteiger partial charge is 0.493 e. The number of urea groups is 1. The first-order valence-corrected chi connectivity index (χ1v) is 9.48. The number of aliphatic carboxylic acids is 1. The minimum atomic E-state index is -0.765. The van der Waals surface area contributed by atoms with Crippen LogP contribution in [0.3, 0.4) is 0 Å². The van der Waals surface area contributed by atoms with E-state index in [1.54, 1.807) is 12.0 Å². The highest BCUT2D eigenvalue weighted by molar-refractivity contribution is 5.80. The van der Waals surface area contributed by atoms with Crippen LogP contribution in [0.5, 0.6) is 11.5 Å². The molecule has 2 aliphatic rings. The Morgan fingerprint density at radius 3 is 2.78 bits per heavy atom. The highest BCUT2D eigenvalue weighted by Crippen LogP contribution is 2.48. The van der Waals surface area contributed by atoms with E-state index < -0.39 is 11.4 Å². The molecule has 7 heteroatoms. The lowest BCUT2D eigenvalue weighted by molar-refractivity contribution is -0.149. The van der Waals surface area contributed by atoms with Crippen molar-refractivity contribution in [2.24, 2.45) is 17.3 Å². The molecule has 0 radical (unpaired) electrons. The Morgan fingerprint density at radius 2 is 2.11 bits per heavy atom. The quantitative estimate of drug-likeness (QED) is 0.764. The van der Waals surface area contributed by atoms with Gasteiger partial charge in [0, 0.05) is 25.6 Å². The fourth-order valence-electron chi connectivity index (χ4n) is 4.20. The Balaban J connectivity index is 1.46. The van der Waals surface area contributed by atoms with E-state index >= 15 is 0 Å². The van der Waals surface area contributed by atoms with Crippen LogP contribution in [0, 0.1) is 17.3 Å². The highest BCUT2D eigenvalue weighted by Gasteiger charge is 2.55. The van der Waals surface area contributed by atoms with E-state index in [9.17, 15) is 14.7 Å². The van der Waals surface area contributed by atoms with Gasteiger partial charge in [0.2, 0.25) is 0 Å². The number of fused-ring (bicyclic) bond motifs is 1. The molecular formula is C20H28N2O5. The van der Waals surface area contributed by atoms with E-state index in [1.165, 1.54) is 0 Å². The third kappa shape index (κ3) is 3.96. The summed E-state index contributed by atoms with van der Waals surface area (Å²) in [6, 6.07) is 7.26. The zero-order valence-corrected chi connectivity index (χ0v) is 15.9. The molecule has 1 aliphatic heterocycles. The first-order valence-electron chi connectivity index (χ1n) is 9.48. The molecule has 1 heterocycles. The van der Waals surface area contributed by atoms with Crippen LogP contribution in [-0.2, 0) is 4.79 Å².